The Morgan fingerprint density at radius 1 is 0.217 bits per heavy atom. The van der Waals surface area contributed by atoms with Crippen molar-refractivity contribution in [3.8, 4) is 62.4 Å². The fourth-order valence-electron chi connectivity index (χ4n) is 10.5. The van der Waals surface area contributed by atoms with Crippen molar-refractivity contribution >= 4 is 65.4 Å². The van der Waals surface area contributed by atoms with E-state index >= 15 is 0 Å². The van der Waals surface area contributed by atoms with Crippen LogP contribution in [0.25, 0.3) is 128 Å². The molecule has 0 fully saturated rings. The van der Waals surface area contributed by atoms with E-state index in [1.165, 1.54) is 49.2 Å². The maximum absolute atomic E-state index is 5.12. The quantitative estimate of drug-likeness (QED) is 0.160. The van der Waals surface area contributed by atoms with Crippen molar-refractivity contribution in [2.24, 2.45) is 0 Å². The molecule has 0 aliphatic rings. The van der Waals surface area contributed by atoms with Gasteiger partial charge in [-0.25, -0.2) is 4.98 Å². The lowest BCUT2D eigenvalue weighted by molar-refractivity contribution is 0.953. The SMILES string of the molecule is c1ccc(-c2nc(-c3ccccc3)nc(-n3c4ccccc4c4cc(-c5ccc(-c6ccc7c(c6)c6cc(-n8c9ccccc9c9ccccc98)ccc6n7-c6ccccc6)cc5)ccc43)n2)cc1. The van der Waals surface area contributed by atoms with Crippen LogP contribution in [0.4, 0.5) is 0 Å². The highest BCUT2D eigenvalue weighted by molar-refractivity contribution is 6.13. The van der Waals surface area contributed by atoms with Gasteiger partial charge in [-0.3, -0.25) is 4.57 Å². The Balaban J connectivity index is 0.872. The summed E-state index contributed by atoms with van der Waals surface area (Å²) in [6, 6.07) is 86.5. The van der Waals surface area contributed by atoms with Crippen molar-refractivity contribution in [3.63, 3.8) is 0 Å². The Bertz CT molecular complexity index is 4170. The molecule has 14 aromatic rings. The highest BCUT2D eigenvalue weighted by Crippen LogP contribution is 2.40. The summed E-state index contributed by atoms with van der Waals surface area (Å²) in [5, 5.41) is 7.21. The van der Waals surface area contributed by atoms with Crippen molar-refractivity contribution in [3.05, 3.63) is 243 Å². The van der Waals surface area contributed by atoms with Crippen LogP contribution in [0, 0.1) is 0 Å². The number of hydrogen-bond acceptors (Lipinski definition) is 3. The molecule has 0 atom stereocenters. The summed E-state index contributed by atoms with van der Waals surface area (Å²) in [7, 11) is 0. The molecule has 0 unspecified atom stereocenters. The molecular weight excluding hydrogens is 841 g/mol. The van der Waals surface area contributed by atoms with Gasteiger partial charge in [0.1, 0.15) is 0 Å². The molecule has 322 valence electrons. The molecule has 6 heteroatoms. The van der Waals surface area contributed by atoms with Gasteiger partial charge in [0.2, 0.25) is 5.95 Å². The predicted octanol–water partition coefficient (Wildman–Crippen LogP) is 15.8. The topological polar surface area (TPSA) is 53.5 Å². The van der Waals surface area contributed by atoms with Crippen molar-refractivity contribution in [2.75, 3.05) is 0 Å². The van der Waals surface area contributed by atoms with E-state index < -0.39 is 0 Å². The average molecular weight is 881 g/mol. The Hall–Kier alpha value is -9.39. The number of hydrogen-bond donors (Lipinski definition) is 0. The fraction of sp³-hybridized carbons (Fsp3) is 0. The first-order valence-corrected chi connectivity index (χ1v) is 23.4. The number of fused-ring (bicyclic) bond motifs is 9. The van der Waals surface area contributed by atoms with Gasteiger partial charge in [-0.05, 0) is 95.1 Å². The van der Waals surface area contributed by atoms with Crippen LogP contribution in [0.2, 0.25) is 0 Å². The van der Waals surface area contributed by atoms with E-state index in [-0.39, 0.29) is 0 Å². The highest BCUT2D eigenvalue weighted by Gasteiger charge is 2.20. The Morgan fingerprint density at radius 3 is 1.12 bits per heavy atom. The number of benzene rings is 10. The molecule has 4 heterocycles. The van der Waals surface area contributed by atoms with Gasteiger partial charge >= 0.3 is 0 Å². The first-order chi connectivity index (χ1) is 34.2. The van der Waals surface area contributed by atoms with Gasteiger partial charge in [0.05, 0.1) is 33.1 Å². The monoisotopic (exact) mass is 880 g/mol. The maximum atomic E-state index is 5.12. The lowest BCUT2D eigenvalue weighted by Gasteiger charge is -2.11. The summed E-state index contributed by atoms with van der Waals surface area (Å²) in [4.78, 5) is 15.2. The van der Waals surface area contributed by atoms with E-state index in [0.29, 0.717) is 17.6 Å². The molecular formula is C63H40N6. The summed E-state index contributed by atoms with van der Waals surface area (Å²) < 4.78 is 6.98. The molecule has 0 saturated carbocycles. The highest BCUT2D eigenvalue weighted by atomic mass is 15.2. The second-order valence-electron chi connectivity index (χ2n) is 17.7. The Kier molecular flexibility index (Phi) is 8.79. The average Bonchev–Trinajstić information content (AvgIpc) is 4.06. The second-order valence-corrected chi connectivity index (χ2v) is 17.7. The van der Waals surface area contributed by atoms with Crippen LogP contribution < -0.4 is 0 Å². The molecule has 69 heavy (non-hydrogen) atoms. The van der Waals surface area contributed by atoms with Gasteiger partial charge < -0.3 is 9.13 Å². The smallest absolute Gasteiger partial charge is 0.238 e. The van der Waals surface area contributed by atoms with E-state index in [0.717, 1.165) is 61.0 Å². The lowest BCUT2D eigenvalue weighted by atomic mass is 9.98. The van der Waals surface area contributed by atoms with Crippen LogP contribution in [0.15, 0.2) is 243 Å². The molecule has 0 aliphatic heterocycles. The third-order valence-corrected chi connectivity index (χ3v) is 13.7. The first kappa shape index (κ1) is 38.8. The third kappa shape index (κ3) is 6.30. The van der Waals surface area contributed by atoms with E-state index in [4.69, 9.17) is 15.0 Å². The molecule has 4 aromatic heterocycles. The Morgan fingerprint density at radius 2 is 0.580 bits per heavy atom. The van der Waals surface area contributed by atoms with Gasteiger partial charge in [0.15, 0.2) is 11.6 Å². The standard InChI is InChI=1S/C63H40N6/c1-4-16-43(17-5-1)61-64-62(44-18-6-2-7-19-44)66-63(65-61)69-57-27-15-12-24-51(57)52-38-45(33-36-60(52)69)41-28-30-42(31-29-41)46-32-35-58-53(39-46)54-40-48(34-37-59(54)67(58)47-20-8-3-9-21-47)68-55-25-13-10-22-49(55)50-23-11-14-26-56(50)68/h1-40H. The molecule has 10 aromatic carbocycles. The van der Waals surface area contributed by atoms with E-state index in [2.05, 4.69) is 196 Å². The molecule has 0 bridgehead atoms. The van der Waals surface area contributed by atoms with Gasteiger partial charge in [-0.15, -0.1) is 0 Å². The minimum Gasteiger partial charge on any atom is -0.309 e. The number of para-hydroxylation sites is 4. The second kappa shape index (κ2) is 15.6. The van der Waals surface area contributed by atoms with Crippen molar-refractivity contribution in [1.29, 1.82) is 0 Å². The molecule has 14 rings (SSSR count). The normalized spacial score (nSPS) is 11.8. The third-order valence-electron chi connectivity index (χ3n) is 13.7. The lowest BCUT2D eigenvalue weighted by Crippen LogP contribution is -2.06. The van der Waals surface area contributed by atoms with E-state index in [1.54, 1.807) is 0 Å². The predicted molar refractivity (Wildman–Crippen MR) is 285 cm³/mol. The van der Waals surface area contributed by atoms with Crippen LogP contribution in [0.5, 0.6) is 0 Å². The summed E-state index contributed by atoms with van der Waals surface area (Å²) in [5.41, 5.74) is 15.6. The van der Waals surface area contributed by atoms with Crippen LogP contribution in [-0.2, 0) is 0 Å². The van der Waals surface area contributed by atoms with Crippen molar-refractivity contribution < 1.29 is 0 Å². The van der Waals surface area contributed by atoms with Crippen LogP contribution in [0.1, 0.15) is 0 Å². The molecule has 0 N–H and O–H groups in total. The number of rotatable bonds is 7. The fourth-order valence-corrected chi connectivity index (χ4v) is 10.5. The van der Waals surface area contributed by atoms with Crippen LogP contribution in [0.3, 0.4) is 0 Å². The number of aromatic nitrogens is 6. The molecule has 0 radical (unpaired) electrons. The molecule has 0 amide bonds. The summed E-state index contributed by atoms with van der Waals surface area (Å²) >= 11 is 0. The molecule has 0 saturated heterocycles. The van der Waals surface area contributed by atoms with Gasteiger partial charge in [-0.1, -0.05) is 170 Å². The zero-order chi connectivity index (χ0) is 45.4. The Labute approximate surface area is 397 Å². The number of nitrogens with zero attached hydrogens (tertiary/aromatic N) is 6. The zero-order valence-electron chi connectivity index (χ0n) is 37.3. The van der Waals surface area contributed by atoms with E-state index in [9.17, 15) is 0 Å². The minimum atomic E-state index is 0.581. The van der Waals surface area contributed by atoms with Crippen molar-refractivity contribution in [1.82, 2.24) is 28.7 Å². The van der Waals surface area contributed by atoms with Crippen molar-refractivity contribution in [2.45, 2.75) is 0 Å². The summed E-state index contributed by atoms with van der Waals surface area (Å²) in [6.07, 6.45) is 0. The summed E-state index contributed by atoms with van der Waals surface area (Å²) in [5.74, 6) is 1.84. The summed E-state index contributed by atoms with van der Waals surface area (Å²) in [6.45, 7) is 0. The molecule has 6 nitrogen and oxygen atoms in total. The van der Waals surface area contributed by atoms with Gasteiger partial charge in [0.25, 0.3) is 0 Å². The minimum absolute atomic E-state index is 0.581. The van der Waals surface area contributed by atoms with Gasteiger partial charge in [0, 0.05) is 54.8 Å². The first-order valence-electron chi connectivity index (χ1n) is 23.4. The molecule has 0 spiro atoms. The molecule has 0 aliphatic carbocycles. The van der Waals surface area contributed by atoms with Gasteiger partial charge in [-0.2, -0.15) is 9.97 Å². The zero-order valence-corrected chi connectivity index (χ0v) is 37.3. The van der Waals surface area contributed by atoms with Crippen LogP contribution in [-0.4, -0.2) is 28.7 Å². The largest absolute Gasteiger partial charge is 0.309 e. The van der Waals surface area contributed by atoms with Crippen LogP contribution >= 0.6 is 0 Å². The van der Waals surface area contributed by atoms with E-state index in [1.807, 2.05) is 60.7 Å². The maximum Gasteiger partial charge on any atom is 0.238 e.